The molecule has 0 rings (SSSR count). The van der Waals surface area contributed by atoms with Crippen molar-refractivity contribution in [3.05, 3.63) is 72.9 Å². The number of allylic oxidation sites excluding steroid dienone is 12. The van der Waals surface area contributed by atoms with Crippen LogP contribution in [0.15, 0.2) is 72.9 Å². The summed E-state index contributed by atoms with van der Waals surface area (Å²) in [7, 11) is -3.22. The fourth-order valence-corrected chi connectivity index (χ4v) is 5.89. The number of rotatable bonds is 38. The molecule has 0 saturated carbocycles. The quantitative estimate of drug-likeness (QED) is 0.0286. The van der Waals surface area contributed by atoms with Crippen LogP contribution in [0.25, 0.3) is 0 Å². The molecule has 2 atom stereocenters. The highest BCUT2D eigenvalue weighted by Gasteiger charge is 2.24. The summed E-state index contributed by atoms with van der Waals surface area (Å²) >= 11 is 0. The van der Waals surface area contributed by atoms with Crippen molar-refractivity contribution in [2.24, 2.45) is 0 Å². The van der Waals surface area contributed by atoms with Crippen LogP contribution >= 0.6 is 7.82 Å². The average Bonchev–Trinajstić information content (AvgIpc) is 3.16. The molecule has 0 fully saturated rings. The number of carbonyl (C=O) groups excluding carboxylic acids is 2. The molecule has 0 saturated heterocycles. The molecule has 2 unspecified atom stereocenters. The van der Waals surface area contributed by atoms with Crippen LogP contribution in [0.5, 0.6) is 0 Å². The zero-order valence-electron chi connectivity index (χ0n) is 34.3. The summed E-state index contributed by atoms with van der Waals surface area (Å²) in [4.78, 5) is 34.5. The molecular weight excluding hydrogens is 699 g/mol. The minimum Gasteiger partial charge on any atom is -0.462 e. The van der Waals surface area contributed by atoms with Gasteiger partial charge in [0.25, 0.3) is 0 Å². The monoisotopic (exact) mass is 777 g/mol. The van der Waals surface area contributed by atoms with Crippen molar-refractivity contribution in [1.82, 2.24) is 0 Å². The number of hydrogen-bond donors (Lipinski definition) is 1. The van der Waals surface area contributed by atoms with E-state index in [1.165, 1.54) is 38.5 Å². The van der Waals surface area contributed by atoms with Gasteiger partial charge in [0.1, 0.15) is 6.61 Å². The Morgan fingerprint density at radius 2 is 0.944 bits per heavy atom. The molecule has 0 bridgehead atoms. The van der Waals surface area contributed by atoms with E-state index in [-0.39, 0.29) is 25.4 Å². The van der Waals surface area contributed by atoms with E-state index in [0.29, 0.717) is 6.42 Å². The average molecular weight is 777 g/mol. The van der Waals surface area contributed by atoms with E-state index in [9.17, 15) is 19.0 Å². The van der Waals surface area contributed by atoms with Crippen molar-refractivity contribution >= 4 is 19.8 Å². The van der Waals surface area contributed by atoms with Crippen LogP contribution < -0.4 is 0 Å². The van der Waals surface area contributed by atoms with E-state index >= 15 is 0 Å². The van der Waals surface area contributed by atoms with Crippen LogP contribution in [0, 0.1) is 0 Å². The van der Waals surface area contributed by atoms with Gasteiger partial charge in [-0.1, -0.05) is 157 Å². The minimum absolute atomic E-state index is 0.228. The lowest BCUT2D eigenvalue weighted by Gasteiger charge is -2.19. The van der Waals surface area contributed by atoms with E-state index in [1.807, 2.05) is 0 Å². The highest BCUT2D eigenvalue weighted by Crippen LogP contribution is 2.42. The van der Waals surface area contributed by atoms with Crippen molar-refractivity contribution in [2.45, 2.75) is 180 Å². The second-order valence-corrected chi connectivity index (χ2v) is 15.3. The maximum Gasteiger partial charge on any atom is 0.472 e. The first kappa shape index (κ1) is 51.5. The van der Waals surface area contributed by atoms with Gasteiger partial charge in [-0.2, -0.15) is 0 Å². The molecule has 9 heteroatoms. The van der Waals surface area contributed by atoms with E-state index in [4.69, 9.17) is 14.0 Å². The third-order valence-corrected chi connectivity index (χ3v) is 9.62. The summed E-state index contributed by atoms with van der Waals surface area (Å²) in [6.07, 6.45) is 50.9. The van der Waals surface area contributed by atoms with E-state index < -0.39 is 26.5 Å². The molecule has 0 aromatic heterocycles. The molecule has 8 nitrogen and oxygen atoms in total. The topological polar surface area (TPSA) is 108 Å². The second-order valence-electron chi connectivity index (χ2n) is 13.7. The molecule has 0 aliphatic heterocycles. The van der Waals surface area contributed by atoms with E-state index in [1.54, 1.807) is 0 Å². The van der Waals surface area contributed by atoms with Crippen molar-refractivity contribution in [3.63, 3.8) is 0 Å². The molecule has 0 spiro atoms. The Kier molecular flexibility index (Phi) is 38.3. The first-order valence-electron chi connectivity index (χ1n) is 21.1. The fraction of sp³-hybridized carbons (Fsp3) is 0.689. The van der Waals surface area contributed by atoms with Gasteiger partial charge in [-0.05, 0) is 77.0 Å². The van der Waals surface area contributed by atoms with Crippen molar-refractivity contribution < 1.29 is 37.6 Å². The van der Waals surface area contributed by atoms with Crippen molar-refractivity contribution in [3.8, 4) is 0 Å². The van der Waals surface area contributed by atoms with Crippen LogP contribution in [0.3, 0.4) is 0 Å². The lowest BCUT2D eigenvalue weighted by molar-refractivity contribution is -0.161. The van der Waals surface area contributed by atoms with Crippen molar-refractivity contribution in [1.29, 1.82) is 0 Å². The minimum atomic E-state index is -4.27. The Bertz CT molecular complexity index is 1110. The molecule has 0 aromatic carbocycles. The Morgan fingerprint density at radius 1 is 0.537 bits per heavy atom. The van der Waals surface area contributed by atoms with Crippen LogP contribution in [0.2, 0.25) is 0 Å². The third-order valence-electron chi connectivity index (χ3n) is 8.68. The largest absolute Gasteiger partial charge is 0.472 e. The number of phosphoric acid groups is 1. The number of carbonyl (C=O) groups is 2. The highest BCUT2D eigenvalue weighted by atomic mass is 31.2. The summed E-state index contributed by atoms with van der Waals surface area (Å²) in [5.41, 5.74) is 0. The van der Waals surface area contributed by atoms with Gasteiger partial charge in [-0.25, -0.2) is 4.57 Å². The molecule has 0 aromatic rings. The van der Waals surface area contributed by atoms with Gasteiger partial charge in [0.05, 0.1) is 6.61 Å². The summed E-state index contributed by atoms with van der Waals surface area (Å²) in [6.45, 7) is 3.71. The molecule has 0 radical (unpaired) electrons. The Morgan fingerprint density at radius 3 is 1.41 bits per heavy atom. The Balaban J connectivity index is 4.04. The number of ether oxygens (including phenoxy) is 2. The van der Waals surface area contributed by atoms with Gasteiger partial charge in [-0.15, -0.1) is 0 Å². The SMILES string of the molecule is CC/C=C\C/C=C\C/C=C\C/C=C\CCCCCCCCCCC(=O)OC(COC(=O)CCCCCCC/C=C\C/C=C\CCCC)COP(=O)(O)OC. The van der Waals surface area contributed by atoms with E-state index in [2.05, 4.69) is 91.3 Å². The zero-order valence-corrected chi connectivity index (χ0v) is 35.2. The number of phosphoric ester groups is 1. The highest BCUT2D eigenvalue weighted by molar-refractivity contribution is 7.47. The van der Waals surface area contributed by atoms with Crippen LogP contribution in [-0.2, 0) is 32.7 Å². The number of hydrogen-bond acceptors (Lipinski definition) is 7. The predicted octanol–water partition coefficient (Wildman–Crippen LogP) is 13.3. The summed E-state index contributed by atoms with van der Waals surface area (Å²) < 4.78 is 32.0. The standard InChI is InChI=1S/C45H77O8P/c1-4-6-8-10-12-14-16-18-20-21-22-23-24-25-26-28-30-32-34-36-38-40-45(47)53-43(42-52-54(48,49)50-3)41-51-44(46)39-37-35-33-31-29-27-19-17-15-13-11-9-7-5-2/h6,8,11-14,17-20,22-23,43H,4-5,7,9-10,15-16,21,24-42H2,1-3H3,(H,48,49)/b8-6-,13-11-,14-12-,19-17-,20-18-,23-22-. The first-order chi connectivity index (χ1) is 26.3. The van der Waals surface area contributed by atoms with Crippen LogP contribution in [0.1, 0.15) is 174 Å². The number of unbranched alkanes of at least 4 members (excludes halogenated alkanes) is 15. The second kappa shape index (κ2) is 40.2. The molecule has 0 aliphatic carbocycles. The molecule has 0 heterocycles. The maximum absolute atomic E-state index is 12.5. The summed E-state index contributed by atoms with van der Waals surface area (Å²) in [6, 6.07) is 0. The van der Waals surface area contributed by atoms with Gasteiger partial charge in [0, 0.05) is 20.0 Å². The molecule has 0 aliphatic rings. The fourth-order valence-electron chi connectivity index (χ4n) is 5.43. The maximum atomic E-state index is 12.5. The van der Waals surface area contributed by atoms with Crippen molar-refractivity contribution in [2.75, 3.05) is 20.3 Å². The Labute approximate surface area is 330 Å². The third kappa shape index (κ3) is 39.2. The van der Waals surface area contributed by atoms with E-state index in [0.717, 1.165) is 110 Å². The van der Waals surface area contributed by atoms with Crippen LogP contribution in [-0.4, -0.2) is 43.3 Å². The summed E-state index contributed by atoms with van der Waals surface area (Å²) in [5, 5.41) is 0. The number of esters is 2. The molecule has 54 heavy (non-hydrogen) atoms. The normalized spacial score (nSPS) is 14.1. The van der Waals surface area contributed by atoms with Gasteiger partial charge in [0.2, 0.25) is 0 Å². The van der Waals surface area contributed by atoms with Gasteiger partial charge >= 0.3 is 19.8 Å². The predicted molar refractivity (Wildman–Crippen MR) is 225 cm³/mol. The Hall–Kier alpha value is -2.51. The van der Waals surface area contributed by atoms with Crippen LogP contribution in [0.4, 0.5) is 0 Å². The zero-order chi connectivity index (χ0) is 39.6. The summed E-state index contributed by atoms with van der Waals surface area (Å²) in [5.74, 6) is -0.835. The molecular formula is C45H77O8P. The molecule has 0 amide bonds. The van der Waals surface area contributed by atoms with Gasteiger partial charge < -0.3 is 14.4 Å². The lowest BCUT2D eigenvalue weighted by atomic mass is 10.1. The lowest BCUT2D eigenvalue weighted by Crippen LogP contribution is -2.29. The molecule has 310 valence electrons. The smallest absolute Gasteiger partial charge is 0.462 e. The van der Waals surface area contributed by atoms with Gasteiger partial charge in [0.15, 0.2) is 6.10 Å². The van der Waals surface area contributed by atoms with Gasteiger partial charge in [-0.3, -0.25) is 18.6 Å². The molecule has 1 N–H and O–H groups in total. The first-order valence-corrected chi connectivity index (χ1v) is 22.6.